The molecule has 0 aliphatic heterocycles. The molecule has 19 heavy (non-hydrogen) atoms. The van der Waals surface area contributed by atoms with E-state index in [1.165, 1.54) is 0 Å². The third-order valence-electron chi connectivity index (χ3n) is 2.80. The Kier molecular flexibility index (Phi) is 6.74. The summed E-state index contributed by atoms with van der Waals surface area (Å²) in [4.78, 5) is 11.4. The van der Waals surface area contributed by atoms with Crippen molar-refractivity contribution in [2.45, 2.75) is 32.2 Å². The Morgan fingerprint density at radius 1 is 1.32 bits per heavy atom. The van der Waals surface area contributed by atoms with Gasteiger partial charge in [0.2, 0.25) is 0 Å². The van der Waals surface area contributed by atoms with Gasteiger partial charge < -0.3 is 20.8 Å². The van der Waals surface area contributed by atoms with Crippen LogP contribution in [-0.4, -0.2) is 35.4 Å². The van der Waals surface area contributed by atoms with Gasteiger partial charge in [-0.2, -0.15) is 0 Å². The van der Waals surface area contributed by atoms with Crippen molar-refractivity contribution in [1.82, 2.24) is 10.6 Å². The van der Waals surface area contributed by atoms with Crippen LogP contribution in [0.1, 0.15) is 25.3 Å². The Bertz CT molecular complexity index is 379. The molecule has 0 aromatic heterocycles. The number of nitrogens with one attached hydrogen (secondary N) is 2. The molecule has 0 heterocycles. The van der Waals surface area contributed by atoms with Gasteiger partial charge in [-0.25, -0.2) is 4.79 Å². The molecule has 4 N–H and O–H groups in total. The van der Waals surface area contributed by atoms with E-state index in [0.29, 0.717) is 13.0 Å². The molecule has 0 saturated carbocycles. The molecule has 2 amide bonds. The first-order valence-electron chi connectivity index (χ1n) is 6.55. The van der Waals surface area contributed by atoms with E-state index in [4.69, 9.17) is 5.11 Å². The van der Waals surface area contributed by atoms with Crippen LogP contribution >= 0.6 is 0 Å². The van der Waals surface area contributed by atoms with Gasteiger partial charge in [-0.15, -0.1) is 0 Å². The van der Waals surface area contributed by atoms with E-state index in [-0.39, 0.29) is 24.4 Å². The predicted octanol–water partition coefficient (Wildman–Crippen LogP) is 1.39. The van der Waals surface area contributed by atoms with Gasteiger partial charge in [-0.05, 0) is 43.9 Å². The van der Waals surface area contributed by atoms with Gasteiger partial charge in [0.25, 0.3) is 0 Å². The number of hydrogen-bond donors (Lipinski definition) is 4. The molecule has 1 aromatic rings. The van der Waals surface area contributed by atoms with Gasteiger partial charge in [0.05, 0.1) is 0 Å². The molecule has 0 aliphatic rings. The lowest BCUT2D eigenvalue weighted by atomic mass is 10.1. The molecular formula is C14H22N2O3. The van der Waals surface area contributed by atoms with E-state index in [1.54, 1.807) is 12.1 Å². The number of phenols is 1. The highest BCUT2D eigenvalue weighted by atomic mass is 16.3. The fourth-order valence-corrected chi connectivity index (χ4v) is 1.67. The molecule has 1 rings (SSSR count). The first-order valence-corrected chi connectivity index (χ1v) is 6.55. The quantitative estimate of drug-likeness (QED) is 0.563. The largest absolute Gasteiger partial charge is 0.508 e. The molecule has 5 nitrogen and oxygen atoms in total. The Hall–Kier alpha value is -1.75. The molecule has 1 unspecified atom stereocenters. The van der Waals surface area contributed by atoms with Crippen LogP contribution in [0.25, 0.3) is 0 Å². The van der Waals surface area contributed by atoms with E-state index < -0.39 is 0 Å². The van der Waals surface area contributed by atoms with E-state index in [0.717, 1.165) is 18.4 Å². The minimum atomic E-state index is -0.202. The summed E-state index contributed by atoms with van der Waals surface area (Å²) < 4.78 is 0. The summed E-state index contributed by atoms with van der Waals surface area (Å²) in [5, 5.41) is 23.3. The van der Waals surface area contributed by atoms with Crippen LogP contribution in [0, 0.1) is 0 Å². The number of carbonyl (C=O) groups excluding carboxylic acids is 1. The molecule has 0 saturated heterocycles. The summed E-state index contributed by atoms with van der Waals surface area (Å²) in [6, 6.07) is 6.95. The van der Waals surface area contributed by atoms with Crippen LogP contribution in [0.2, 0.25) is 0 Å². The Labute approximate surface area is 113 Å². The molecule has 106 valence electrons. The summed E-state index contributed by atoms with van der Waals surface area (Å²) in [6.45, 7) is 2.51. The van der Waals surface area contributed by atoms with Crippen molar-refractivity contribution >= 4 is 6.03 Å². The summed E-state index contributed by atoms with van der Waals surface area (Å²) in [5.74, 6) is 0.262. The highest BCUT2D eigenvalue weighted by Gasteiger charge is 2.06. The molecule has 0 aliphatic carbocycles. The fourth-order valence-electron chi connectivity index (χ4n) is 1.67. The number of aromatic hydroxyl groups is 1. The lowest BCUT2D eigenvalue weighted by molar-refractivity contribution is 0.234. The number of urea groups is 1. The number of carbonyl (C=O) groups is 1. The minimum Gasteiger partial charge on any atom is -0.508 e. The lowest BCUT2D eigenvalue weighted by Gasteiger charge is -2.14. The smallest absolute Gasteiger partial charge is 0.314 e. The normalized spacial score (nSPS) is 11.9. The minimum absolute atomic E-state index is 0.0722. The van der Waals surface area contributed by atoms with Crippen LogP contribution in [0.15, 0.2) is 24.3 Å². The Morgan fingerprint density at radius 2 is 2.00 bits per heavy atom. The van der Waals surface area contributed by atoms with Crippen LogP contribution in [0.4, 0.5) is 4.79 Å². The molecule has 5 heteroatoms. The van der Waals surface area contributed by atoms with Crippen LogP contribution < -0.4 is 10.6 Å². The van der Waals surface area contributed by atoms with Crippen LogP contribution in [-0.2, 0) is 6.42 Å². The number of aryl methyl sites for hydroxylation is 1. The van der Waals surface area contributed by atoms with Crippen molar-refractivity contribution in [2.24, 2.45) is 0 Å². The number of aliphatic hydroxyl groups is 1. The topological polar surface area (TPSA) is 81.6 Å². The first kappa shape index (κ1) is 15.3. The number of benzene rings is 1. The molecule has 0 fully saturated rings. The van der Waals surface area contributed by atoms with Crippen molar-refractivity contribution in [3.63, 3.8) is 0 Å². The van der Waals surface area contributed by atoms with Crippen molar-refractivity contribution in [3.8, 4) is 5.75 Å². The summed E-state index contributed by atoms with van der Waals surface area (Å²) in [7, 11) is 0. The van der Waals surface area contributed by atoms with Crippen molar-refractivity contribution in [1.29, 1.82) is 0 Å². The van der Waals surface area contributed by atoms with Crippen molar-refractivity contribution < 1.29 is 15.0 Å². The Morgan fingerprint density at radius 3 is 2.63 bits per heavy atom. The van der Waals surface area contributed by atoms with Gasteiger partial charge in [0, 0.05) is 19.2 Å². The maximum Gasteiger partial charge on any atom is 0.314 e. The first-order chi connectivity index (χ1) is 9.11. The molecule has 0 radical (unpaired) electrons. The third-order valence-corrected chi connectivity index (χ3v) is 2.80. The van der Waals surface area contributed by atoms with Gasteiger partial charge in [0.1, 0.15) is 5.75 Å². The third kappa shape index (κ3) is 6.67. The van der Waals surface area contributed by atoms with E-state index in [2.05, 4.69) is 10.6 Å². The van der Waals surface area contributed by atoms with E-state index in [1.807, 2.05) is 19.1 Å². The summed E-state index contributed by atoms with van der Waals surface area (Å²) in [6.07, 6.45) is 2.24. The zero-order valence-electron chi connectivity index (χ0n) is 11.2. The fraction of sp³-hybridized carbons (Fsp3) is 0.500. The monoisotopic (exact) mass is 266 g/mol. The zero-order valence-corrected chi connectivity index (χ0v) is 11.2. The highest BCUT2D eigenvalue weighted by molar-refractivity contribution is 5.74. The molecular weight excluding hydrogens is 244 g/mol. The van der Waals surface area contributed by atoms with Crippen LogP contribution in [0.3, 0.4) is 0 Å². The van der Waals surface area contributed by atoms with E-state index in [9.17, 15) is 9.90 Å². The lowest BCUT2D eigenvalue weighted by Crippen LogP contribution is -2.41. The molecule has 1 atom stereocenters. The van der Waals surface area contributed by atoms with Crippen LogP contribution in [0.5, 0.6) is 5.75 Å². The molecule has 1 aromatic carbocycles. The van der Waals surface area contributed by atoms with Gasteiger partial charge in [-0.1, -0.05) is 12.1 Å². The standard InChI is InChI=1S/C14H22N2O3/c1-11(16-14(19)15-9-2-10-17)3-4-12-5-7-13(18)8-6-12/h5-8,11,17-18H,2-4,9-10H2,1H3,(H2,15,16,19). The highest BCUT2D eigenvalue weighted by Crippen LogP contribution is 2.11. The van der Waals surface area contributed by atoms with Gasteiger partial charge in [-0.3, -0.25) is 0 Å². The van der Waals surface area contributed by atoms with E-state index >= 15 is 0 Å². The zero-order chi connectivity index (χ0) is 14.1. The SMILES string of the molecule is CC(CCc1ccc(O)cc1)NC(=O)NCCCO. The second-order valence-electron chi connectivity index (χ2n) is 4.58. The average molecular weight is 266 g/mol. The van der Waals surface area contributed by atoms with Crippen molar-refractivity contribution in [2.75, 3.05) is 13.2 Å². The maximum atomic E-state index is 11.4. The molecule has 0 bridgehead atoms. The van der Waals surface area contributed by atoms with Gasteiger partial charge >= 0.3 is 6.03 Å². The van der Waals surface area contributed by atoms with Gasteiger partial charge in [0.15, 0.2) is 0 Å². The molecule has 0 spiro atoms. The number of hydrogen-bond acceptors (Lipinski definition) is 3. The number of rotatable bonds is 7. The predicted molar refractivity (Wildman–Crippen MR) is 74.1 cm³/mol. The second kappa shape index (κ2) is 8.37. The number of amides is 2. The number of phenolic OH excluding ortho intramolecular Hbond substituents is 1. The summed E-state index contributed by atoms with van der Waals surface area (Å²) >= 11 is 0. The maximum absolute atomic E-state index is 11.4. The number of aliphatic hydroxyl groups excluding tert-OH is 1. The van der Waals surface area contributed by atoms with Crippen molar-refractivity contribution in [3.05, 3.63) is 29.8 Å². The Balaban J connectivity index is 2.21. The summed E-state index contributed by atoms with van der Waals surface area (Å²) in [5.41, 5.74) is 1.13. The second-order valence-corrected chi connectivity index (χ2v) is 4.58. The average Bonchev–Trinajstić information content (AvgIpc) is 2.38.